The number of aryl methyl sites for hydroxylation is 1. The zero-order valence-electron chi connectivity index (χ0n) is 12.7. The van der Waals surface area contributed by atoms with Crippen LogP contribution in [0.1, 0.15) is 37.3 Å². The Labute approximate surface area is 126 Å². The highest BCUT2D eigenvalue weighted by Crippen LogP contribution is 2.13. The van der Waals surface area contributed by atoms with Gasteiger partial charge in [0.2, 0.25) is 0 Å². The van der Waals surface area contributed by atoms with Crippen molar-refractivity contribution in [1.82, 2.24) is 5.32 Å². The van der Waals surface area contributed by atoms with Crippen LogP contribution in [0.4, 0.5) is 0 Å². The fraction of sp³-hybridized carbons (Fsp3) is 0.588. The van der Waals surface area contributed by atoms with Gasteiger partial charge in [-0.1, -0.05) is 31.2 Å². The molecule has 0 amide bonds. The van der Waals surface area contributed by atoms with Gasteiger partial charge in [0.25, 0.3) is 0 Å². The molecule has 2 N–H and O–H groups in total. The van der Waals surface area contributed by atoms with E-state index in [1.165, 1.54) is 11.1 Å². The van der Waals surface area contributed by atoms with Crippen molar-refractivity contribution in [2.45, 2.75) is 51.2 Å². The number of nitrogens with one attached hydrogen (secondary N) is 1. The number of benzene rings is 1. The van der Waals surface area contributed by atoms with Gasteiger partial charge in [0, 0.05) is 19.2 Å². The lowest BCUT2D eigenvalue weighted by Gasteiger charge is -2.19. The first-order chi connectivity index (χ1) is 10.2. The van der Waals surface area contributed by atoms with Gasteiger partial charge in [-0.05, 0) is 36.8 Å². The number of ether oxygens (including phenoxy) is 1. The Morgan fingerprint density at radius 2 is 2.10 bits per heavy atom. The van der Waals surface area contributed by atoms with Crippen LogP contribution < -0.4 is 5.32 Å². The maximum absolute atomic E-state index is 11.0. The van der Waals surface area contributed by atoms with Crippen LogP contribution in [0, 0.1) is 0 Å². The van der Waals surface area contributed by atoms with Gasteiger partial charge in [-0.2, -0.15) is 0 Å². The van der Waals surface area contributed by atoms with E-state index in [9.17, 15) is 4.79 Å². The third kappa shape index (κ3) is 5.48. The van der Waals surface area contributed by atoms with Gasteiger partial charge in [0.15, 0.2) is 0 Å². The highest BCUT2D eigenvalue weighted by Gasteiger charge is 2.19. The normalized spacial score (nSPS) is 19.6. The number of hydrogen-bond donors (Lipinski definition) is 2. The van der Waals surface area contributed by atoms with E-state index in [0.717, 1.165) is 38.8 Å². The van der Waals surface area contributed by atoms with Gasteiger partial charge in [-0.15, -0.1) is 0 Å². The summed E-state index contributed by atoms with van der Waals surface area (Å²) in [6.45, 7) is 3.70. The number of carboxylic acid groups (broad SMARTS) is 1. The zero-order chi connectivity index (χ0) is 15.1. The molecule has 0 bridgehead atoms. The molecule has 1 saturated heterocycles. The van der Waals surface area contributed by atoms with Gasteiger partial charge < -0.3 is 15.2 Å². The minimum Gasteiger partial charge on any atom is -0.481 e. The first kappa shape index (κ1) is 16.0. The van der Waals surface area contributed by atoms with Crippen LogP contribution in [0.3, 0.4) is 0 Å². The Morgan fingerprint density at radius 1 is 1.38 bits per heavy atom. The predicted octanol–water partition coefficient (Wildman–Crippen LogP) is 2.40. The van der Waals surface area contributed by atoms with Crippen LogP contribution in [0.5, 0.6) is 0 Å². The van der Waals surface area contributed by atoms with Gasteiger partial charge in [0.05, 0.1) is 12.5 Å². The van der Waals surface area contributed by atoms with Crippen molar-refractivity contribution in [3.05, 3.63) is 35.4 Å². The van der Waals surface area contributed by atoms with Gasteiger partial charge in [-0.25, -0.2) is 0 Å². The molecule has 116 valence electrons. The van der Waals surface area contributed by atoms with Crippen LogP contribution >= 0.6 is 0 Å². The second-order valence-electron chi connectivity index (χ2n) is 5.71. The average Bonchev–Trinajstić information content (AvgIpc) is 2.98. The smallest absolute Gasteiger partial charge is 0.304 e. The van der Waals surface area contributed by atoms with Crippen LogP contribution in [0.2, 0.25) is 0 Å². The molecule has 1 aliphatic rings. The second-order valence-corrected chi connectivity index (χ2v) is 5.71. The van der Waals surface area contributed by atoms with Gasteiger partial charge in [-0.3, -0.25) is 4.79 Å². The number of carboxylic acids is 1. The van der Waals surface area contributed by atoms with Gasteiger partial charge >= 0.3 is 5.97 Å². The van der Waals surface area contributed by atoms with Crippen LogP contribution in [-0.2, 0) is 22.4 Å². The van der Waals surface area contributed by atoms with E-state index >= 15 is 0 Å². The second kappa shape index (κ2) is 8.15. The van der Waals surface area contributed by atoms with Crippen LogP contribution in [0.25, 0.3) is 0 Å². The minimum atomic E-state index is -0.759. The summed E-state index contributed by atoms with van der Waals surface area (Å²) in [6.07, 6.45) is 4.32. The molecule has 21 heavy (non-hydrogen) atoms. The van der Waals surface area contributed by atoms with Crippen molar-refractivity contribution in [2.75, 3.05) is 13.2 Å². The molecule has 1 aromatic carbocycles. The van der Waals surface area contributed by atoms with E-state index in [-0.39, 0.29) is 18.6 Å². The number of aliphatic carboxylic acids is 1. The molecule has 2 rings (SSSR count). The lowest BCUT2D eigenvalue weighted by Crippen LogP contribution is -2.38. The summed E-state index contributed by atoms with van der Waals surface area (Å²) in [7, 11) is 0. The van der Waals surface area contributed by atoms with Crippen molar-refractivity contribution < 1.29 is 14.6 Å². The van der Waals surface area contributed by atoms with E-state index in [1.54, 1.807) is 0 Å². The Balaban J connectivity index is 1.89. The summed E-state index contributed by atoms with van der Waals surface area (Å²) in [4.78, 5) is 11.0. The highest BCUT2D eigenvalue weighted by atomic mass is 16.5. The molecule has 1 aliphatic heterocycles. The first-order valence-electron chi connectivity index (χ1n) is 7.82. The molecule has 1 fully saturated rings. The molecule has 2 atom stereocenters. The Hall–Kier alpha value is -1.39. The molecular formula is C17H25NO3. The summed E-state index contributed by atoms with van der Waals surface area (Å²) < 4.78 is 5.58. The molecule has 2 unspecified atom stereocenters. The number of hydrogen-bond acceptors (Lipinski definition) is 3. The molecule has 0 radical (unpaired) electrons. The summed E-state index contributed by atoms with van der Waals surface area (Å²) in [6, 6.07) is 8.39. The van der Waals surface area contributed by atoms with Crippen LogP contribution in [0.15, 0.2) is 24.3 Å². The summed E-state index contributed by atoms with van der Waals surface area (Å²) in [5.74, 6) is -0.759. The molecule has 1 aromatic rings. The van der Waals surface area contributed by atoms with Gasteiger partial charge in [0.1, 0.15) is 0 Å². The molecule has 0 aliphatic carbocycles. The largest absolute Gasteiger partial charge is 0.481 e. The van der Waals surface area contributed by atoms with Crippen molar-refractivity contribution in [3.63, 3.8) is 0 Å². The van der Waals surface area contributed by atoms with E-state index in [2.05, 4.69) is 36.5 Å². The molecule has 4 nitrogen and oxygen atoms in total. The standard InChI is InChI=1S/C17H25NO3/c1-2-13-5-7-14(8-6-13)10-15(11-17(19)20)18-12-16-4-3-9-21-16/h5-8,15-16,18H,2-4,9-12H2,1H3,(H,19,20). The van der Waals surface area contributed by atoms with Crippen molar-refractivity contribution in [3.8, 4) is 0 Å². The van der Waals surface area contributed by atoms with Crippen molar-refractivity contribution in [1.29, 1.82) is 0 Å². The van der Waals surface area contributed by atoms with E-state index < -0.39 is 5.97 Å². The highest BCUT2D eigenvalue weighted by molar-refractivity contribution is 5.67. The molecule has 0 spiro atoms. The lowest BCUT2D eigenvalue weighted by molar-refractivity contribution is -0.137. The Bertz CT molecular complexity index is 438. The molecule has 0 saturated carbocycles. The number of carbonyl (C=O) groups is 1. The fourth-order valence-electron chi connectivity index (χ4n) is 2.73. The fourth-order valence-corrected chi connectivity index (χ4v) is 2.73. The van der Waals surface area contributed by atoms with E-state index in [4.69, 9.17) is 9.84 Å². The monoisotopic (exact) mass is 291 g/mol. The maximum Gasteiger partial charge on any atom is 0.304 e. The summed E-state index contributed by atoms with van der Waals surface area (Å²) >= 11 is 0. The molecule has 1 heterocycles. The van der Waals surface area contributed by atoms with E-state index in [1.807, 2.05) is 0 Å². The topological polar surface area (TPSA) is 58.6 Å². The van der Waals surface area contributed by atoms with E-state index in [0.29, 0.717) is 0 Å². The molecule has 0 aromatic heterocycles. The lowest BCUT2D eigenvalue weighted by atomic mass is 10.0. The van der Waals surface area contributed by atoms with Crippen LogP contribution in [-0.4, -0.2) is 36.4 Å². The average molecular weight is 291 g/mol. The zero-order valence-corrected chi connectivity index (χ0v) is 12.7. The number of rotatable bonds is 8. The molecule has 4 heteroatoms. The van der Waals surface area contributed by atoms with Crippen molar-refractivity contribution >= 4 is 5.97 Å². The minimum absolute atomic E-state index is 0.0424. The maximum atomic E-state index is 11.0. The quantitative estimate of drug-likeness (QED) is 0.772. The first-order valence-corrected chi connectivity index (χ1v) is 7.82. The Kier molecular flexibility index (Phi) is 6.21. The SMILES string of the molecule is CCc1ccc(CC(CC(=O)O)NCC2CCCO2)cc1. The summed E-state index contributed by atoms with van der Waals surface area (Å²) in [5.41, 5.74) is 2.49. The Morgan fingerprint density at radius 3 is 2.67 bits per heavy atom. The van der Waals surface area contributed by atoms with Crippen molar-refractivity contribution in [2.24, 2.45) is 0 Å². The molecular weight excluding hydrogens is 266 g/mol. The third-order valence-electron chi connectivity index (χ3n) is 3.99. The predicted molar refractivity (Wildman–Crippen MR) is 82.5 cm³/mol. The third-order valence-corrected chi connectivity index (χ3v) is 3.99. The summed E-state index contributed by atoms with van der Waals surface area (Å²) in [5, 5.41) is 12.4.